The maximum Gasteiger partial charge on any atom is 0.211 e. The van der Waals surface area contributed by atoms with Crippen LogP contribution in [0.1, 0.15) is 33.9 Å². The molecule has 10 nitrogen and oxygen atoms in total. The Bertz CT molecular complexity index is 1260. The van der Waals surface area contributed by atoms with Crippen molar-refractivity contribution in [2.24, 2.45) is 4.99 Å². The van der Waals surface area contributed by atoms with Gasteiger partial charge in [0.1, 0.15) is 29.3 Å². The molecule has 0 aliphatic carbocycles. The summed E-state index contributed by atoms with van der Waals surface area (Å²) in [6, 6.07) is 7.23. The van der Waals surface area contributed by atoms with Crippen molar-refractivity contribution in [3.63, 3.8) is 0 Å². The largest absolute Gasteiger partial charge is 0.397 e. The minimum Gasteiger partial charge on any atom is -0.397 e. The zero-order valence-electron chi connectivity index (χ0n) is 16.3. The number of rotatable bonds is 2. The van der Waals surface area contributed by atoms with Gasteiger partial charge in [-0.3, -0.25) is 5.32 Å². The number of nitrogens with zero attached hydrogens (tertiary/aromatic N) is 6. The van der Waals surface area contributed by atoms with Crippen LogP contribution in [0.25, 0.3) is 5.69 Å². The van der Waals surface area contributed by atoms with Gasteiger partial charge in [-0.25, -0.2) is 14.7 Å². The van der Waals surface area contributed by atoms with Gasteiger partial charge in [0.15, 0.2) is 6.19 Å². The molecule has 2 aromatic heterocycles. The molecule has 148 valence electrons. The lowest BCUT2D eigenvalue weighted by Crippen LogP contribution is -2.33. The Morgan fingerprint density at radius 3 is 2.70 bits per heavy atom. The number of fused-ring (bicyclic) bond motifs is 1. The fourth-order valence-corrected chi connectivity index (χ4v) is 3.72. The molecule has 0 spiro atoms. The van der Waals surface area contributed by atoms with E-state index in [1.807, 2.05) is 50.5 Å². The number of pyridine rings is 1. The molecule has 10 heteroatoms. The van der Waals surface area contributed by atoms with E-state index in [-0.39, 0.29) is 23.0 Å². The number of hydrogen-bond acceptors (Lipinski definition) is 9. The number of aliphatic imine (C=N–C) groups is 1. The number of hydrogen-bond donors (Lipinski definition) is 4. The van der Waals surface area contributed by atoms with Gasteiger partial charge in [0.25, 0.3) is 0 Å². The lowest BCUT2D eigenvalue weighted by molar-refractivity contribution is 0.796. The second-order valence-electron chi connectivity index (χ2n) is 6.87. The quantitative estimate of drug-likeness (QED) is 0.375. The third-order valence-corrected chi connectivity index (χ3v) is 4.86. The van der Waals surface area contributed by atoms with E-state index in [0.29, 0.717) is 11.4 Å². The van der Waals surface area contributed by atoms with Crippen LogP contribution < -0.4 is 22.1 Å². The number of nitrogens with two attached hydrogens (primary N) is 2. The second-order valence-corrected chi connectivity index (χ2v) is 6.87. The highest BCUT2D eigenvalue weighted by molar-refractivity contribution is 5.98. The van der Waals surface area contributed by atoms with Gasteiger partial charge < -0.3 is 16.8 Å². The van der Waals surface area contributed by atoms with Crippen molar-refractivity contribution in [1.82, 2.24) is 20.1 Å². The summed E-state index contributed by atoms with van der Waals surface area (Å²) in [7, 11) is 0. The smallest absolute Gasteiger partial charge is 0.211 e. The molecule has 1 unspecified atom stereocenters. The first-order valence-corrected chi connectivity index (χ1v) is 9.04. The molecule has 1 aliphatic heterocycles. The Labute approximate surface area is 172 Å². The third kappa shape index (κ3) is 2.93. The monoisotopic (exact) mass is 398 g/mol. The normalized spacial score (nSPS) is 14.7. The highest BCUT2D eigenvalue weighted by Crippen LogP contribution is 2.42. The molecule has 4 rings (SSSR count). The summed E-state index contributed by atoms with van der Waals surface area (Å²) in [5.74, 6) is 0.551. The zero-order valence-corrected chi connectivity index (χ0v) is 16.3. The minimum absolute atomic E-state index is 0.00549. The minimum atomic E-state index is -0.643. The maximum atomic E-state index is 9.51. The van der Waals surface area contributed by atoms with E-state index < -0.39 is 6.04 Å². The van der Waals surface area contributed by atoms with E-state index in [1.165, 1.54) is 0 Å². The van der Waals surface area contributed by atoms with Crippen molar-refractivity contribution in [2.45, 2.75) is 19.9 Å². The maximum absolute atomic E-state index is 9.51. The van der Waals surface area contributed by atoms with Crippen LogP contribution in [0.15, 0.2) is 35.6 Å². The highest BCUT2D eigenvalue weighted by Gasteiger charge is 2.32. The van der Waals surface area contributed by atoms with Crippen LogP contribution in [0, 0.1) is 36.6 Å². The molecule has 0 amide bonds. The predicted molar refractivity (Wildman–Crippen MR) is 112 cm³/mol. The average Bonchev–Trinajstić information content (AvgIpc) is 3.21. The molecule has 1 atom stereocenters. The van der Waals surface area contributed by atoms with E-state index in [4.69, 9.17) is 16.7 Å². The van der Waals surface area contributed by atoms with Crippen LogP contribution in [-0.4, -0.2) is 20.7 Å². The Hall–Kier alpha value is -4.57. The van der Waals surface area contributed by atoms with E-state index in [1.54, 1.807) is 10.9 Å². The first-order chi connectivity index (χ1) is 14.4. The van der Waals surface area contributed by atoms with Gasteiger partial charge >= 0.3 is 0 Å². The number of nitrogen functional groups attached to an aromatic ring is 2. The number of nitrogens with one attached hydrogen (secondary N) is 2. The molecule has 0 bridgehead atoms. The fourth-order valence-electron chi connectivity index (χ4n) is 3.72. The topological polar surface area (TPSA) is 167 Å². The number of nitriles is 2. The lowest BCUT2D eigenvalue weighted by Gasteiger charge is -2.28. The van der Waals surface area contributed by atoms with Crippen LogP contribution in [0.3, 0.4) is 0 Å². The number of aromatic nitrogens is 3. The SMILES string of the molecule is Cc1cc(C)c(-n2cccn2)c(C2N=C(NC#N)Nc3nc(N)c(C#N)c(N)c32)c1. The predicted octanol–water partition coefficient (Wildman–Crippen LogP) is 1.86. The summed E-state index contributed by atoms with van der Waals surface area (Å²) in [5.41, 5.74) is 16.7. The van der Waals surface area contributed by atoms with Gasteiger partial charge in [-0.05, 0) is 25.5 Å². The molecular formula is C20H18N10. The summed E-state index contributed by atoms with van der Waals surface area (Å²) in [6.45, 7) is 3.97. The van der Waals surface area contributed by atoms with Crippen molar-refractivity contribution in [3.05, 3.63) is 58.4 Å². The molecule has 6 N–H and O–H groups in total. The Morgan fingerprint density at radius 2 is 2.03 bits per heavy atom. The van der Waals surface area contributed by atoms with Crippen molar-refractivity contribution in [3.8, 4) is 17.9 Å². The Kier molecular flexibility index (Phi) is 4.45. The molecule has 0 saturated heterocycles. The molecule has 0 fully saturated rings. The van der Waals surface area contributed by atoms with Crippen LogP contribution >= 0.6 is 0 Å². The molecule has 0 radical (unpaired) electrons. The fraction of sp³-hybridized carbons (Fsp3) is 0.150. The summed E-state index contributed by atoms with van der Waals surface area (Å²) in [4.78, 5) is 8.96. The van der Waals surface area contributed by atoms with Crippen LogP contribution in [0.2, 0.25) is 0 Å². The van der Waals surface area contributed by atoms with E-state index in [0.717, 1.165) is 22.4 Å². The van der Waals surface area contributed by atoms with Crippen LogP contribution in [-0.2, 0) is 0 Å². The molecule has 30 heavy (non-hydrogen) atoms. The molecule has 0 saturated carbocycles. The van der Waals surface area contributed by atoms with E-state index in [2.05, 4.69) is 25.7 Å². The number of aryl methyl sites for hydroxylation is 2. The van der Waals surface area contributed by atoms with E-state index >= 15 is 0 Å². The Morgan fingerprint density at radius 1 is 1.23 bits per heavy atom. The second kappa shape index (κ2) is 7.11. The summed E-state index contributed by atoms with van der Waals surface area (Å²) in [6.07, 6.45) is 5.38. The molecule has 1 aromatic carbocycles. The van der Waals surface area contributed by atoms with Gasteiger partial charge in [-0.15, -0.1) is 0 Å². The van der Waals surface area contributed by atoms with Crippen molar-refractivity contribution in [1.29, 1.82) is 10.5 Å². The number of benzene rings is 1. The molecule has 3 aromatic rings. The summed E-state index contributed by atoms with van der Waals surface area (Å²) < 4.78 is 1.75. The van der Waals surface area contributed by atoms with E-state index in [9.17, 15) is 5.26 Å². The highest BCUT2D eigenvalue weighted by atomic mass is 15.3. The standard InChI is InChI=1S/C20H18N10/c1-10-6-11(2)17(30-5-3-4-26-30)12(7-10)16-14-15(23)13(8-21)18(24)28-19(14)29-20(27-16)25-9-22/h3-7,16H,1-2H3,(H6,23,24,25,27,28,29). The van der Waals surface area contributed by atoms with Crippen LogP contribution in [0.4, 0.5) is 17.3 Å². The van der Waals surface area contributed by atoms with Crippen LogP contribution in [0.5, 0.6) is 0 Å². The van der Waals surface area contributed by atoms with Gasteiger partial charge in [-0.2, -0.15) is 15.6 Å². The summed E-state index contributed by atoms with van der Waals surface area (Å²) >= 11 is 0. The van der Waals surface area contributed by atoms with Gasteiger partial charge in [0.05, 0.1) is 11.4 Å². The Balaban J connectivity index is 2.05. The first kappa shape index (κ1) is 18.8. The average molecular weight is 398 g/mol. The van der Waals surface area contributed by atoms with Gasteiger partial charge in [-0.1, -0.05) is 17.7 Å². The van der Waals surface area contributed by atoms with Gasteiger partial charge in [0.2, 0.25) is 5.96 Å². The van der Waals surface area contributed by atoms with Crippen molar-refractivity contribution in [2.75, 3.05) is 16.8 Å². The van der Waals surface area contributed by atoms with Crippen molar-refractivity contribution < 1.29 is 0 Å². The molecule has 1 aliphatic rings. The zero-order chi connectivity index (χ0) is 21.4. The number of guanidine groups is 1. The van der Waals surface area contributed by atoms with Crippen molar-refractivity contribution >= 4 is 23.3 Å². The third-order valence-electron chi connectivity index (χ3n) is 4.86. The lowest BCUT2D eigenvalue weighted by atomic mass is 9.91. The molecule has 3 heterocycles. The van der Waals surface area contributed by atoms with Gasteiger partial charge in [0, 0.05) is 23.5 Å². The molecular weight excluding hydrogens is 380 g/mol. The summed E-state index contributed by atoms with van der Waals surface area (Å²) in [5, 5.41) is 28.4. The number of anilines is 3. The first-order valence-electron chi connectivity index (χ1n) is 9.04.